The Balaban J connectivity index is 1.52. The average molecular weight is 701 g/mol. The van der Waals surface area contributed by atoms with Gasteiger partial charge in [0.15, 0.2) is 5.69 Å². The normalized spacial score (nSPS) is 21.1. The smallest absolute Gasteiger partial charge is 0.419 e. The number of benzene rings is 2. The highest BCUT2D eigenvalue weighted by Gasteiger charge is 2.56. The molecule has 4 N–H and O–H groups in total. The number of aromatic nitrogens is 2. The van der Waals surface area contributed by atoms with Gasteiger partial charge in [-0.1, -0.05) is 5.57 Å². The van der Waals surface area contributed by atoms with Crippen LogP contribution in [-0.2, 0) is 11.0 Å². The number of fused-ring (bicyclic) bond motifs is 2. The summed E-state index contributed by atoms with van der Waals surface area (Å²) < 4.78 is 114. The van der Waals surface area contributed by atoms with Crippen molar-refractivity contribution < 1.29 is 64.5 Å². The number of hydrogen-bond donors (Lipinski definition) is 4. The molecule has 2 amide bonds. The number of nitrogens with one attached hydrogen (secondary N) is 2. The highest BCUT2D eigenvalue weighted by atomic mass is 19.4. The van der Waals surface area contributed by atoms with Crippen molar-refractivity contribution in [1.82, 2.24) is 15.3 Å². The van der Waals surface area contributed by atoms with E-state index in [4.69, 9.17) is 4.74 Å². The van der Waals surface area contributed by atoms with Crippen molar-refractivity contribution in [3.63, 3.8) is 0 Å². The molecule has 0 spiro atoms. The molecule has 0 radical (unpaired) electrons. The van der Waals surface area contributed by atoms with Crippen LogP contribution >= 0.6 is 0 Å². The number of aromatic carboxylic acids is 1. The number of halogens is 8. The predicted molar refractivity (Wildman–Crippen MR) is 152 cm³/mol. The van der Waals surface area contributed by atoms with Crippen LogP contribution in [0.4, 0.5) is 40.8 Å². The number of alkyl halides is 6. The Morgan fingerprint density at radius 1 is 0.980 bits per heavy atom. The van der Waals surface area contributed by atoms with Crippen molar-refractivity contribution >= 4 is 23.5 Å². The molecule has 5 rings (SSSR count). The quantitative estimate of drug-likeness (QED) is 0.172. The summed E-state index contributed by atoms with van der Waals surface area (Å²) in [4.78, 5) is 46.7. The van der Waals surface area contributed by atoms with Gasteiger partial charge >= 0.3 is 18.3 Å². The van der Waals surface area contributed by atoms with Crippen LogP contribution in [0.3, 0.4) is 0 Å². The van der Waals surface area contributed by atoms with Crippen LogP contribution in [0.25, 0.3) is 11.3 Å². The Morgan fingerprint density at radius 2 is 1.67 bits per heavy atom. The van der Waals surface area contributed by atoms with Gasteiger partial charge in [0.2, 0.25) is 11.8 Å². The summed E-state index contributed by atoms with van der Waals surface area (Å²) in [5.41, 5.74) is -4.16. The monoisotopic (exact) mass is 700 g/mol. The number of allylic oxidation sites excluding steroid dienone is 1. The molecule has 2 aromatic carbocycles. The van der Waals surface area contributed by atoms with Crippen molar-refractivity contribution in [3.8, 4) is 17.1 Å². The summed E-state index contributed by atoms with van der Waals surface area (Å²) in [6, 6.07) is 2.96. The lowest BCUT2D eigenvalue weighted by atomic mass is 9.83. The van der Waals surface area contributed by atoms with Gasteiger partial charge in [-0.05, 0) is 55.2 Å². The van der Waals surface area contributed by atoms with Gasteiger partial charge in [0.25, 0.3) is 5.91 Å². The minimum atomic E-state index is -5.13. The van der Waals surface area contributed by atoms with Gasteiger partial charge in [0, 0.05) is 29.3 Å². The number of ether oxygens (including phenoxy) is 1. The zero-order valence-electron chi connectivity index (χ0n) is 24.7. The Labute approximate surface area is 270 Å². The fourth-order valence-electron chi connectivity index (χ4n) is 6.20. The summed E-state index contributed by atoms with van der Waals surface area (Å²) in [7, 11) is 0. The first-order chi connectivity index (χ1) is 23.0. The van der Waals surface area contributed by atoms with Crippen molar-refractivity contribution in [2.45, 2.75) is 31.2 Å². The first-order valence-corrected chi connectivity index (χ1v) is 14.4. The molecule has 1 aromatic heterocycles. The van der Waals surface area contributed by atoms with Crippen LogP contribution < -0.4 is 15.4 Å². The first kappa shape index (κ1) is 35.2. The molecular formula is C31H24F8N4O6. The maximum absolute atomic E-state index is 14.7. The Kier molecular flexibility index (Phi) is 9.63. The van der Waals surface area contributed by atoms with E-state index in [1.807, 2.05) is 0 Å². The van der Waals surface area contributed by atoms with Gasteiger partial charge in [-0.3, -0.25) is 9.59 Å². The first-order valence-electron chi connectivity index (χ1n) is 14.4. The summed E-state index contributed by atoms with van der Waals surface area (Å²) >= 11 is 0. The standard InChI is InChI=1S/C31H24F8N4O6/c32-20-5-1-13(29(47)48)9-17(20)22-12-40-28(49-8-7-44)25(42-22)27(46)43-24-16-4-3-15(18(16)11-30(34,35)36)23(24)26(45)41-14-2-6-21(33)19(10-14)31(37,38)39/h1-2,5-6,9-12,15-16,23-24,44H,3-4,7-8H2,(H,41,45)(H,43,46)(H,47,48)/b18-11-/t15?,16?,23-,24+/m0/s1. The number of carbonyl (C=O) groups is 3. The SMILES string of the molecule is O=C(O)c1ccc(F)c(-c2cnc(OCCO)c(C(=O)N[C@@H]3C4CCC(/C4=C/C(F)(F)F)[C@@H]3C(=O)Nc3ccc(F)c(C(F)(F)F)c3)n2)c1. The van der Waals surface area contributed by atoms with E-state index in [0.717, 1.165) is 30.5 Å². The molecule has 2 bridgehead atoms. The van der Waals surface area contributed by atoms with Crippen molar-refractivity contribution in [2.75, 3.05) is 18.5 Å². The molecule has 0 aliphatic heterocycles. The van der Waals surface area contributed by atoms with Gasteiger partial charge in [-0.2, -0.15) is 26.3 Å². The number of aliphatic hydroxyl groups is 1. The maximum atomic E-state index is 14.7. The summed E-state index contributed by atoms with van der Waals surface area (Å²) in [6.07, 6.45) is -8.84. The molecule has 3 aromatic rings. The van der Waals surface area contributed by atoms with Crippen LogP contribution in [0.5, 0.6) is 5.88 Å². The van der Waals surface area contributed by atoms with Crippen LogP contribution in [0, 0.1) is 29.4 Å². The Morgan fingerprint density at radius 3 is 2.33 bits per heavy atom. The zero-order chi connectivity index (χ0) is 35.8. The minimum Gasteiger partial charge on any atom is -0.478 e. The van der Waals surface area contributed by atoms with Gasteiger partial charge in [-0.15, -0.1) is 0 Å². The molecule has 0 saturated heterocycles. The molecule has 2 fully saturated rings. The Hall–Kier alpha value is -5.13. The second-order valence-corrected chi connectivity index (χ2v) is 11.2. The van der Waals surface area contributed by atoms with Crippen LogP contribution in [0.15, 0.2) is 54.2 Å². The molecule has 18 heteroatoms. The van der Waals surface area contributed by atoms with Crippen LogP contribution in [-0.4, -0.2) is 63.4 Å². The molecule has 2 saturated carbocycles. The van der Waals surface area contributed by atoms with E-state index in [-0.39, 0.29) is 41.3 Å². The number of rotatable bonds is 9. The third-order valence-electron chi connectivity index (χ3n) is 8.14. The van der Waals surface area contributed by atoms with Crippen molar-refractivity contribution in [2.24, 2.45) is 17.8 Å². The second-order valence-electron chi connectivity index (χ2n) is 11.2. The number of carboxylic acids is 1. The molecule has 2 aliphatic carbocycles. The van der Waals surface area contributed by atoms with Gasteiger partial charge < -0.3 is 25.6 Å². The highest BCUT2D eigenvalue weighted by Crippen LogP contribution is 2.54. The lowest BCUT2D eigenvalue weighted by Crippen LogP contribution is -2.48. The van der Waals surface area contributed by atoms with E-state index in [2.05, 4.69) is 20.6 Å². The number of aliphatic hydroxyl groups excluding tert-OH is 1. The molecule has 2 aliphatic rings. The number of carboxylic acid groups (broad SMARTS) is 1. The van der Waals surface area contributed by atoms with E-state index < -0.39 is 102 Å². The fourth-order valence-corrected chi connectivity index (χ4v) is 6.20. The van der Waals surface area contributed by atoms with E-state index in [0.29, 0.717) is 12.1 Å². The summed E-state index contributed by atoms with van der Waals surface area (Å²) in [5, 5.41) is 23.2. The second kappa shape index (κ2) is 13.4. The molecule has 49 heavy (non-hydrogen) atoms. The van der Waals surface area contributed by atoms with E-state index in [1.54, 1.807) is 0 Å². The van der Waals surface area contributed by atoms with Crippen LogP contribution in [0.2, 0.25) is 0 Å². The number of amides is 2. The van der Waals surface area contributed by atoms with E-state index >= 15 is 0 Å². The topological polar surface area (TPSA) is 151 Å². The molecule has 10 nitrogen and oxygen atoms in total. The van der Waals surface area contributed by atoms with Gasteiger partial charge in [0.1, 0.15) is 18.2 Å². The van der Waals surface area contributed by atoms with Crippen molar-refractivity contribution in [1.29, 1.82) is 0 Å². The fraction of sp³-hybridized carbons (Fsp3) is 0.323. The lowest BCUT2D eigenvalue weighted by Gasteiger charge is -2.30. The molecule has 4 atom stereocenters. The lowest BCUT2D eigenvalue weighted by molar-refractivity contribution is -0.140. The maximum Gasteiger partial charge on any atom is 0.419 e. The average Bonchev–Trinajstić information content (AvgIpc) is 3.53. The van der Waals surface area contributed by atoms with E-state index in [9.17, 15) is 59.7 Å². The van der Waals surface area contributed by atoms with Gasteiger partial charge in [-0.25, -0.2) is 23.5 Å². The molecule has 1 heterocycles. The zero-order valence-corrected chi connectivity index (χ0v) is 24.7. The number of nitrogens with zero attached hydrogens (tertiary/aromatic N) is 2. The van der Waals surface area contributed by atoms with Crippen molar-refractivity contribution in [3.05, 3.63) is 82.7 Å². The summed E-state index contributed by atoms with van der Waals surface area (Å²) in [5.74, 6) is -10.3. The third-order valence-corrected chi connectivity index (χ3v) is 8.14. The van der Waals surface area contributed by atoms with Gasteiger partial charge in [0.05, 0.1) is 35.5 Å². The minimum absolute atomic E-state index is 0.00977. The highest BCUT2D eigenvalue weighted by molar-refractivity contribution is 5.98. The van der Waals surface area contributed by atoms with E-state index in [1.165, 1.54) is 0 Å². The number of carbonyl (C=O) groups excluding carboxylic acids is 2. The summed E-state index contributed by atoms with van der Waals surface area (Å²) in [6.45, 7) is -0.966. The number of anilines is 1. The molecular weight excluding hydrogens is 676 g/mol. The molecule has 260 valence electrons. The Bertz CT molecular complexity index is 1830. The number of hydrogen-bond acceptors (Lipinski definition) is 7. The predicted octanol–water partition coefficient (Wildman–Crippen LogP) is 5.39. The molecule has 2 unspecified atom stereocenters. The largest absolute Gasteiger partial charge is 0.478 e. The van der Waals surface area contributed by atoms with Crippen LogP contribution in [0.1, 0.15) is 39.3 Å². The third kappa shape index (κ3) is 7.48.